The first kappa shape index (κ1) is 75.6. The molecular weight excluding hydrogens is 1420 g/mol. The van der Waals surface area contributed by atoms with Gasteiger partial charge in [-0.1, -0.05) is 102 Å². The molecule has 1 aliphatic heterocycles. The third kappa shape index (κ3) is 18.9. The van der Waals surface area contributed by atoms with Gasteiger partial charge in [-0.05, 0) is 117 Å². The van der Waals surface area contributed by atoms with Crippen molar-refractivity contribution in [3.05, 3.63) is 255 Å². The zero-order valence-electron chi connectivity index (χ0n) is 53.3. The molecule has 0 spiro atoms. The average molecular weight is 1490 g/mol. The Bertz CT molecular complexity index is 5220. The number of anilines is 2. The van der Waals surface area contributed by atoms with Crippen molar-refractivity contribution in [2.24, 2.45) is 0 Å². The summed E-state index contributed by atoms with van der Waals surface area (Å²) in [6, 6.07) is 39.0. The molecule has 2 unspecified atom stereocenters. The van der Waals surface area contributed by atoms with Crippen LogP contribution in [0, 0.1) is 30.2 Å². The van der Waals surface area contributed by atoms with Crippen LogP contribution in [0.15, 0.2) is 187 Å². The second-order valence-corrected chi connectivity index (χ2v) is 28.7. The van der Waals surface area contributed by atoms with Crippen LogP contribution in [0.1, 0.15) is 62.4 Å². The van der Waals surface area contributed by atoms with Gasteiger partial charge in [-0.25, -0.2) is 44.4 Å². The molecule has 0 amide bonds. The average Bonchev–Trinajstić information content (AvgIpc) is 1.71. The second kappa shape index (κ2) is 31.9. The number of halogens is 6. The van der Waals surface area contributed by atoms with Crippen molar-refractivity contribution in [3.8, 4) is 33.8 Å². The van der Waals surface area contributed by atoms with E-state index in [4.69, 9.17) is 51.8 Å². The fourth-order valence-corrected chi connectivity index (χ4v) is 13.7. The van der Waals surface area contributed by atoms with E-state index in [1.807, 2.05) is 20.8 Å². The molecule has 1 fully saturated rings. The van der Waals surface area contributed by atoms with Gasteiger partial charge < -0.3 is 44.6 Å². The van der Waals surface area contributed by atoms with E-state index in [1.54, 1.807) is 121 Å². The van der Waals surface area contributed by atoms with E-state index in [2.05, 4.69) is 29.4 Å². The highest BCUT2D eigenvalue weighted by Gasteiger charge is 2.34. The van der Waals surface area contributed by atoms with Crippen molar-refractivity contribution >= 4 is 98.4 Å². The van der Waals surface area contributed by atoms with Gasteiger partial charge in [-0.2, -0.15) is 8.42 Å². The molecule has 2 atom stereocenters. The van der Waals surface area contributed by atoms with Crippen LogP contribution in [-0.2, 0) is 51.1 Å². The largest absolute Gasteiger partial charge is 0.491 e. The number of aryl methyl sites for hydroxylation is 1. The normalized spacial score (nSPS) is 13.8. The maximum absolute atomic E-state index is 15.6. The van der Waals surface area contributed by atoms with E-state index >= 15 is 8.78 Å². The van der Waals surface area contributed by atoms with Crippen LogP contribution in [-0.4, -0.2) is 121 Å². The molecule has 9 N–H and O–H groups in total. The lowest BCUT2D eigenvalue weighted by Gasteiger charge is -2.17. The molecule has 12 rings (SSSR count). The number of nitrogens with one attached hydrogen (secondary N) is 4. The molecule has 7 aromatic carbocycles. The lowest BCUT2D eigenvalue weighted by molar-refractivity contribution is -0.141. The summed E-state index contributed by atoms with van der Waals surface area (Å²) >= 11 is 13.0. The van der Waals surface area contributed by atoms with E-state index in [9.17, 15) is 48.7 Å². The summed E-state index contributed by atoms with van der Waals surface area (Å²) in [4.78, 5) is 41.3. The van der Waals surface area contributed by atoms with Gasteiger partial charge in [0.25, 0.3) is 10.1 Å². The van der Waals surface area contributed by atoms with Crippen LogP contribution < -0.4 is 18.9 Å². The van der Waals surface area contributed by atoms with Crippen LogP contribution in [0.5, 0.6) is 11.5 Å². The molecule has 0 bridgehead atoms. The number of carbonyl (C=O) groups excluding carboxylic acids is 2. The summed E-state index contributed by atoms with van der Waals surface area (Å²) in [7, 11) is -12.2. The topological polar surface area (TPSA) is 347 Å². The fourth-order valence-electron chi connectivity index (χ4n) is 10.2. The molecule has 31 heteroatoms. The summed E-state index contributed by atoms with van der Waals surface area (Å²) in [5.41, 5.74) is 1.43. The van der Waals surface area contributed by atoms with Gasteiger partial charge in [0.15, 0.2) is 17.4 Å². The number of hydrogen-bond acceptors (Lipinski definition) is 16. The summed E-state index contributed by atoms with van der Waals surface area (Å²) < 4.78 is 168. The summed E-state index contributed by atoms with van der Waals surface area (Å²) in [5, 5.41) is 19.6. The predicted molar refractivity (Wildman–Crippen MR) is 372 cm³/mol. The smallest absolute Gasteiger partial charge is 0.294 e. The summed E-state index contributed by atoms with van der Waals surface area (Å²) in [6.07, 6.45) is 4.31. The molecular formula is C70H62Cl2F4N6O16S3. The Labute approximate surface area is 586 Å². The van der Waals surface area contributed by atoms with Crippen molar-refractivity contribution in [1.29, 1.82) is 0 Å². The molecule has 5 heterocycles. The first-order chi connectivity index (χ1) is 47.4. The number of aliphatic hydroxyl groups is 2. The molecule has 101 heavy (non-hydrogen) atoms. The van der Waals surface area contributed by atoms with Crippen LogP contribution >= 0.6 is 23.2 Å². The van der Waals surface area contributed by atoms with Gasteiger partial charge in [0.2, 0.25) is 31.6 Å². The third-order valence-corrected chi connectivity index (χ3v) is 19.1. The Hall–Kier alpha value is -9.63. The minimum atomic E-state index is -4.09. The van der Waals surface area contributed by atoms with Gasteiger partial charge in [-0.15, -0.1) is 0 Å². The molecule has 1 aliphatic rings. The lowest BCUT2D eigenvalue weighted by Crippen LogP contribution is -2.25. The van der Waals surface area contributed by atoms with Gasteiger partial charge >= 0.3 is 0 Å². The van der Waals surface area contributed by atoms with Crippen LogP contribution in [0.2, 0.25) is 10.0 Å². The van der Waals surface area contributed by atoms with Crippen LogP contribution in [0.4, 0.5) is 28.9 Å². The third-order valence-electron chi connectivity index (χ3n) is 15.1. The molecule has 22 nitrogen and oxygen atoms in total. The van der Waals surface area contributed by atoms with Crippen molar-refractivity contribution in [2.45, 2.75) is 55.2 Å². The van der Waals surface area contributed by atoms with E-state index < -0.39 is 118 Å². The second-order valence-electron chi connectivity index (χ2n) is 23.0. The van der Waals surface area contributed by atoms with Gasteiger partial charge in [0.1, 0.15) is 59.8 Å². The first-order valence-corrected chi connectivity index (χ1v) is 35.5. The number of aromatic nitrogens is 4. The minimum Gasteiger partial charge on any atom is -0.491 e. The molecule has 1 saturated heterocycles. The van der Waals surface area contributed by atoms with Gasteiger partial charge in [0.05, 0.1) is 62.2 Å². The van der Waals surface area contributed by atoms with Crippen LogP contribution in [0.3, 0.4) is 0 Å². The maximum atomic E-state index is 15.6. The summed E-state index contributed by atoms with van der Waals surface area (Å²) in [6.45, 7) is 5.57. The number of ether oxygens (including phenoxy) is 4. The molecule has 528 valence electrons. The number of fused-ring (bicyclic) bond motifs is 2. The Balaban J connectivity index is 0.000000203. The fraction of sp³-hybridized carbons (Fsp3) is 0.171. The Morgan fingerprint density at radius 3 is 1.50 bits per heavy atom. The Morgan fingerprint density at radius 1 is 0.644 bits per heavy atom. The first-order valence-electron chi connectivity index (χ1n) is 30.0. The highest BCUT2D eigenvalue weighted by Crippen LogP contribution is 2.37. The number of pyridine rings is 2. The molecule has 11 aromatic rings. The zero-order chi connectivity index (χ0) is 71.8. The Morgan fingerprint density at radius 2 is 1.09 bits per heavy atom. The quantitative estimate of drug-likeness (QED) is 0.0188. The minimum absolute atomic E-state index is 0. The van der Waals surface area contributed by atoms with Crippen molar-refractivity contribution in [2.75, 3.05) is 35.9 Å². The van der Waals surface area contributed by atoms with Crippen molar-refractivity contribution < 1.29 is 91.6 Å². The van der Waals surface area contributed by atoms with E-state index in [0.29, 0.717) is 62.2 Å². The standard InChI is InChI=1S/C33H28ClF2N3O6S.C30H24ClF2N3O6S.C7H8O3S.H2O/c1-33(2)44-17-22(45-33)16-43-21-8-9-23(26(34)13-21)20-12-24-25(15-38-32(24)37-14-20)31(40)29-27(35)10-11-28(30(29)36)39-46(41,42)18-19-6-4-3-5-7-19;31-24-11-20(42-15-19(38)14-37)6-7-21(24)18-10-22-23(13-35-30(22)34-12-18)29(39)27-25(32)8-9-26(28(27)33)36-43(40,41)16-17-4-2-1-3-5-17;1-6-2-4-7(5-3-6)11(8,9)10;/h3-15,22,39H,16-18H2,1-2H3,(H,37,38);1-13,19,36-38H,14-16H2,(H,34,35);2-5H,1H3,(H,8,9,10);1H2. The number of hydrogen-bond donors (Lipinski definition) is 7. The molecule has 0 radical (unpaired) electrons. The number of aromatic amines is 2. The molecule has 4 aromatic heterocycles. The monoisotopic (exact) mass is 1480 g/mol. The number of benzene rings is 7. The number of ketones is 2. The van der Waals surface area contributed by atoms with E-state index in [1.165, 1.54) is 36.8 Å². The van der Waals surface area contributed by atoms with E-state index in [0.717, 1.165) is 29.8 Å². The predicted octanol–water partition coefficient (Wildman–Crippen LogP) is 12.3. The lowest BCUT2D eigenvalue weighted by atomic mass is 9.99. The van der Waals surface area contributed by atoms with Crippen LogP contribution in [0.25, 0.3) is 44.3 Å². The summed E-state index contributed by atoms with van der Waals surface area (Å²) in [5.74, 6) is -7.74. The number of sulfonamides is 2. The Kier molecular flexibility index (Phi) is 23.9. The van der Waals surface area contributed by atoms with Gasteiger partial charge in [-0.3, -0.25) is 23.6 Å². The highest BCUT2D eigenvalue weighted by molar-refractivity contribution is 7.92. The zero-order valence-corrected chi connectivity index (χ0v) is 57.3. The van der Waals surface area contributed by atoms with Gasteiger partial charge in [0, 0.05) is 68.9 Å². The molecule has 0 saturated carbocycles. The number of carbonyl (C=O) groups is 2. The number of rotatable bonds is 22. The number of aliphatic hydroxyl groups excluding tert-OH is 2. The number of nitrogens with zero attached hydrogens (tertiary/aromatic N) is 2. The van der Waals surface area contributed by atoms with Crippen molar-refractivity contribution in [3.63, 3.8) is 0 Å². The van der Waals surface area contributed by atoms with E-state index in [-0.39, 0.29) is 62.3 Å². The molecule has 0 aliphatic carbocycles. The highest BCUT2D eigenvalue weighted by atomic mass is 35.5. The van der Waals surface area contributed by atoms with Crippen molar-refractivity contribution in [1.82, 2.24) is 19.9 Å². The maximum Gasteiger partial charge on any atom is 0.294 e. The number of H-pyrrole nitrogens is 2. The SMILES string of the molecule is CC1(C)OCC(COc2ccc(-c3cnc4[nH]cc(C(=O)c5c(F)ccc(NS(=O)(=O)Cc6ccccc6)c5F)c4c3)c(Cl)c2)O1.Cc1ccc(S(=O)(=O)O)cc1.O.O=C(c1c(F)ccc(NS(=O)(=O)Cc2ccccc2)c1F)c1c[nH]c2ncc(-c3ccc(OCC(O)CO)cc3Cl)cc12.